The summed E-state index contributed by atoms with van der Waals surface area (Å²) in [6.07, 6.45) is 0.444. The lowest BCUT2D eigenvalue weighted by Gasteiger charge is -2.29. The van der Waals surface area contributed by atoms with Crippen LogP contribution in [0.5, 0.6) is 5.75 Å². The van der Waals surface area contributed by atoms with Crippen molar-refractivity contribution in [2.45, 2.75) is 18.9 Å². The van der Waals surface area contributed by atoms with Crippen LogP contribution in [0.25, 0.3) is 0 Å². The van der Waals surface area contributed by atoms with E-state index in [2.05, 4.69) is 15.9 Å². The van der Waals surface area contributed by atoms with E-state index in [9.17, 15) is 9.50 Å². The molecule has 0 radical (unpaired) electrons. The van der Waals surface area contributed by atoms with Crippen LogP contribution in [0.15, 0.2) is 46.9 Å². The molecule has 1 N–H and O–H groups in total. The highest BCUT2D eigenvalue weighted by Gasteiger charge is 2.26. The second-order valence-corrected chi connectivity index (χ2v) is 6.31. The number of halogens is 2. The molecule has 21 heavy (non-hydrogen) atoms. The maximum Gasteiger partial charge on any atom is 0.127 e. The number of ether oxygens (including phenoxy) is 1. The highest BCUT2D eigenvalue weighted by Crippen LogP contribution is 2.29. The summed E-state index contributed by atoms with van der Waals surface area (Å²) in [6.45, 7) is 0.469. The van der Waals surface area contributed by atoms with E-state index in [1.807, 2.05) is 24.3 Å². The van der Waals surface area contributed by atoms with Gasteiger partial charge in [0.05, 0.1) is 12.7 Å². The first-order valence-electron chi connectivity index (χ1n) is 6.96. The lowest BCUT2D eigenvalue weighted by molar-refractivity contribution is 0.0646. The number of aliphatic hydroxyl groups is 1. The van der Waals surface area contributed by atoms with Gasteiger partial charge in [0, 0.05) is 16.8 Å². The molecule has 0 spiro atoms. The average molecular weight is 351 g/mol. The highest BCUT2D eigenvalue weighted by molar-refractivity contribution is 9.10. The van der Waals surface area contributed by atoms with E-state index in [1.54, 1.807) is 12.1 Å². The van der Waals surface area contributed by atoms with Crippen LogP contribution in [0.2, 0.25) is 0 Å². The van der Waals surface area contributed by atoms with E-state index >= 15 is 0 Å². The lowest BCUT2D eigenvalue weighted by atomic mass is 9.89. The van der Waals surface area contributed by atoms with Crippen molar-refractivity contribution in [1.82, 2.24) is 0 Å². The zero-order valence-electron chi connectivity index (χ0n) is 11.4. The van der Waals surface area contributed by atoms with Gasteiger partial charge in [0.2, 0.25) is 0 Å². The standard InChI is InChI=1S/C17H16BrFO2/c18-14-6-5-11(15(19)9-14)8-16(20)13-7-12-3-1-2-4-17(12)21-10-13/h1-6,9,13,16,20H,7-8,10H2. The van der Waals surface area contributed by atoms with E-state index in [1.165, 1.54) is 6.07 Å². The second-order valence-electron chi connectivity index (χ2n) is 5.39. The molecule has 0 fully saturated rings. The summed E-state index contributed by atoms with van der Waals surface area (Å²) in [5.74, 6) is 0.583. The first kappa shape index (κ1) is 14.5. The van der Waals surface area contributed by atoms with Crippen molar-refractivity contribution >= 4 is 15.9 Å². The third kappa shape index (κ3) is 3.27. The molecule has 2 nitrogen and oxygen atoms in total. The van der Waals surface area contributed by atoms with Crippen molar-refractivity contribution in [3.63, 3.8) is 0 Å². The van der Waals surface area contributed by atoms with E-state index < -0.39 is 6.10 Å². The molecule has 2 unspecified atom stereocenters. The van der Waals surface area contributed by atoms with Crippen LogP contribution in [0.4, 0.5) is 4.39 Å². The molecule has 110 valence electrons. The molecule has 0 aliphatic carbocycles. The Labute approximate surface area is 131 Å². The molecule has 0 saturated heterocycles. The minimum Gasteiger partial charge on any atom is -0.493 e. The van der Waals surface area contributed by atoms with Gasteiger partial charge >= 0.3 is 0 Å². The van der Waals surface area contributed by atoms with Crippen molar-refractivity contribution in [1.29, 1.82) is 0 Å². The number of hydrogen-bond donors (Lipinski definition) is 1. The molecule has 0 aromatic heterocycles. The molecule has 0 bridgehead atoms. The fourth-order valence-corrected chi connectivity index (χ4v) is 3.01. The third-order valence-electron chi connectivity index (χ3n) is 3.90. The van der Waals surface area contributed by atoms with E-state index in [-0.39, 0.29) is 11.7 Å². The molecule has 2 aromatic carbocycles. The average Bonchev–Trinajstić information content (AvgIpc) is 2.49. The molecule has 4 heteroatoms. The Bertz CT molecular complexity index is 644. The Morgan fingerprint density at radius 1 is 1.29 bits per heavy atom. The predicted octanol–water partition coefficient (Wildman–Crippen LogP) is 3.74. The Kier molecular flexibility index (Phi) is 4.27. The fourth-order valence-electron chi connectivity index (χ4n) is 2.68. The van der Waals surface area contributed by atoms with Crippen LogP contribution in [-0.4, -0.2) is 17.8 Å². The number of benzene rings is 2. The third-order valence-corrected chi connectivity index (χ3v) is 4.39. The highest BCUT2D eigenvalue weighted by atomic mass is 79.9. The summed E-state index contributed by atoms with van der Waals surface area (Å²) in [6, 6.07) is 12.8. The fraction of sp³-hybridized carbons (Fsp3) is 0.294. The molecule has 1 aliphatic rings. The smallest absolute Gasteiger partial charge is 0.127 e. The van der Waals surface area contributed by atoms with Crippen LogP contribution >= 0.6 is 15.9 Å². The normalized spacial score (nSPS) is 18.7. The first-order chi connectivity index (χ1) is 10.1. The largest absolute Gasteiger partial charge is 0.493 e. The zero-order valence-corrected chi connectivity index (χ0v) is 13.0. The lowest BCUT2D eigenvalue weighted by Crippen LogP contribution is -2.33. The molecule has 3 rings (SSSR count). The minimum absolute atomic E-state index is 0.0112. The Morgan fingerprint density at radius 3 is 2.90 bits per heavy atom. The summed E-state index contributed by atoms with van der Waals surface area (Å²) in [5, 5.41) is 10.4. The van der Waals surface area contributed by atoms with Gasteiger partial charge in [-0.05, 0) is 35.7 Å². The molecule has 0 saturated carbocycles. The molecular weight excluding hydrogens is 335 g/mol. The van der Waals surface area contributed by atoms with Crippen LogP contribution in [0.3, 0.4) is 0 Å². The maximum absolute atomic E-state index is 13.8. The first-order valence-corrected chi connectivity index (χ1v) is 7.75. The second kappa shape index (κ2) is 6.16. The van der Waals surface area contributed by atoms with Gasteiger partial charge in [0.15, 0.2) is 0 Å². The van der Waals surface area contributed by atoms with Gasteiger partial charge < -0.3 is 9.84 Å². The number of rotatable bonds is 3. The quantitative estimate of drug-likeness (QED) is 0.913. The van der Waals surface area contributed by atoms with Gasteiger partial charge in [-0.25, -0.2) is 4.39 Å². The number of para-hydroxylation sites is 1. The predicted molar refractivity (Wildman–Crippen MR) is 82.9 cm³/mol. The summed E-state index contributed by atoms with van der Waals surface area (Å²) < 4.78 is 20.2. The Morgan fingerprint density at radius 2 is 2.10 bits per heavy atom. The summed E-state index contributed by atoms with van der Waals surface area (Å²) in [4.78, 5) is 0. The van der Waals surface area contributed by atoms with Gasteiger partial charge in [-0.2, -0.15) is 0 Å². The molecule has 0 amide bonds. The van der Waals surface area contributed by atoms with Crippen molar-refractivity contribution < 1.29 is 14.2 Å². The van der Waals surface area contributed by atoms with Crippen molar-refractivity contribution in [3.05, 3.63) is 63.9 Å². The molecule has 1 heterocycles. The van der Waals surface area contributed by atoms with Gasteiger partial charge in [-0.1, -0.05) is 40.2 Å². The van der Waals surface area contributed by atoms with Crippen LogP contribution in [0.1, 0.15) is 11.1 Å². The zero-order chi connectivity index (χ0) is 14.8. The van der Waals surface area contributed by atoms with Gasteiger partial charge in [0.1, 0.15) is 11.6 Å². The van der Waals surface area contributed by atoms with E-state index in [0.717, 1.165) is 17.7 Å². The number of aliphatic hydroxyl groups excluding tert-OH is 1. The van der Waals surface area contributed by atoms with Crippen LogP contribution in [0, 0.1) is 11.7 Å². The van der Waals surface area contributed by atoms with E-state index in [4.69, 9.17) is 4.74 Å². The number of hydrogen-bond acceptors (Lipinski definition) is 2. The number of fused-ring (bicyclic) bond motifs is 1. The molecule has 1 aliphatic heterocycles. The molecule has 2 atom stereocenters. The molecule has 2 aromatic rings. The maximum atomic E-state index is 13.8. The molecular formula is C17H16BrFO2. The van der Waals surface area contributed by atoms with Crippen molar-refractivity contribution in [3.8, 4) is 5.75 Å². The minimum atomic E-state index is -0.617. The van der Waals surface area contributed by atoms with Gasteiger partial charge in [0.25, 0.3) is 0 Å². The Hall–Kier alpha value is -1.39. The monoisotopic (exact) mass is 350 g/mol. The Balaban J connectivity index is 1.70. The van der Waals surface area contributed by atoms with Crippen molar-refractivity contribution in [2.75, 3.05) is 6.61 Å². The summed E-state index contributed by atoms with van der Waals surface area (Å²) in [5.41, 5.74) is 1.63. The van der Waals surface area contributed by atoms with Gasteiger partial charge in [-0.15, -0.1) is 0 Å². The topological polar surface area (TPSA) is 29.5 Å². The van der Waals surface area contributed by atoms with Crippen LogP contribution < -0.4 is 4.74 Å². The summed E-state index contributed by atoms with van der Waals surface area (Å²) in [7, 11) is 0. The SMILES string of the molecule is OC(Cc1ccc(Br)cc1F)C1COc2ccccc2C1. The van der Waals surface area contributed by atoms with Crippen LogP contribution in [-0.2, 0) is 12.8 Å². The van der Waals surface area contributed by atoms with Crippen molar-refractivity contribution in [2.24, 2.45) is 5.92 Å². The van der Waals surface area contributed by atoms with E-state index in [0.29, 0.717) is 23.1 Å². The summed E-state index contributed by atoms with van der Waals surface area (Å²) >= 11 is 3.23. The van der Waals surface area contributed by atoms with Gasteiger partial charge in [-0.3, -0.25) is 0 Å².